The lowest BCUT2D eigenvalue weighted by molar-refractivity contribution is 0.276. The van der Waals surface area contributed by atoms with Crippen molar-refractivity contribution in [3.63, 3.8) is 0 Å². The highest BCUT2D eigenvalue weighted by atomic mass is 16.5. The fourth-order valence-electron chi connectivity index (χ4n) is 10.8. The third-order valence-corrected chi connectivity index (χ3v) is 13.0. The van der Waals surface area contributed by atoms with Gasteiger partial charge in [-0.15, -0.1) is 0 Å². The van der Waals surface area contributed by atoms with Crippen molar-refractivity contribution in [2.45, 2.75) is 25.3 Å². The van der Waals surface area contributed by atoms with Gasteiger partial charge in [0.1, 0.15) is 11.5 Å². The summed E-state index contributed by atoms with van der Waals surface area (Å²) in [6.07, 6.45) is 7.39. The van der Waals surface area contributed by atoms with Crippen LogP contribution in [0.4, 0.5) is 28.4 Å². The summed E-state index contributed by atoms with van der Waals surface area (Å²) in [6.45, 7) is 2.42. The van der Waals surface area contributed by atoms with E-state index in [0.29, 0.717) is 11.8 Å². The largest absolute Gasteiger partial charge is 0.458 e. The van der Waals surface area contributed by atoms with Crippen molar-refractivity contribution in [3.8, 4) is 33.8 Å². The molecule has 0 spiro atoms. The molecule has 0 radical (unpaired) electrons. The van der Waals surface area contributed by atoms with Crippen LogP contribution >= 0.6 is 0 Å². The Morgan fingerprint density at radius 3 is 1.80 bits per heavy atom. The summed E-state index contributed by atoms with van der Waals surface area (Å²) in [5.41, 5.74) is 17.5. The van der Waals surface area contributed by atoms with Gasteiger partial charge in [0, 0.05) is 34.7 Å². The minimum atomic E-state index is -0.260. The molecule has 1 saturated carbocycles. The fourth-order valence-corrected chi connectivity index (χ4v) is 10.8. The van der Waals surface area contributed by atoms with Crippen molar-refractivity contribution in [2.24, 2.45) is 11.8 Å². The van der Waals surface area contributed by atoms with Crippen LogP contribution in [0, 0.1) is 11.8 Å². The van der Waals surface area contributed by atoms with Crippen LogP contribution in [0.2, 0.25) is 0 Å². The monoisotopic (exact) mass is 718 g/mol. The first-order chi connectivity index (χ1) is 27.6. The quantitative estimate of drug-likeness (QED) is 0.126. The van der Waals surface area contributed by atoms with Gasteiger partial charge in [-0.2, -0.15) is 0 Å². The van der Waals surface area contributed by atoms with Gasteiger partial charge in [-0.05, 0) is 107 Å². The SMILES string of the molecule is CC1(N2c3cc(N(c4ccccc4)c4ccccc4)cc4c3B(c3c(cccc3-c3ccccc3)O4)c3c(-c4ccccc4)cccc32)C=C2CC3=CC(C1)C32. The highest BCUT2D eigenvalue weighted by Gasteiger charge is 2.54. The maximum Gasteiger partial charge on any atom is 0.257 e. The smallest absolute Gasteiger partial charge is 0.257 e. The molecule has 5 aliphatic rings. The zero-order valence-electron chi connectivity index (χ0n) is 31.3. The highest BCUT2D eigenvalue weighted by molar-refractivity contribution is 7.00. The number of hydrogen-bond donors (Lipinski definition) is 0. The maximum absolute atomic E-state index is 7.28. The highest BCUT2D eigenvalue weighted by Crippen LogP contribution is 2.60. The van der Waals surface area contributed by atoms with E-state index in [4.69, 9.17) is 4.74 Å². The molecule has 0 bridgehead atoms. The average molecular weight is 719 g/mol. The molecule has 3 aliphatic carbocycles. The Morgan fingerprint density at radius 1 is 0.571 bits per heavy atom. The molecule has 3 nitrogen and oxygen atoms in total. The third kappa shape index (κ3) is 4.59. The summed E-state index contributed by atoms with van der Waals surface area (Å²) in [4.78, 5) is 5.10. The van der Waals surface area contributed by atoms with E-state index in [1.54, 1.807) is 11.1 Å². The van der Waals surface area contributed by atoms with Crippen LogP contribution in [0.15, 0.2) is 193 Å². The van der Waals surface area contributed by atoms with Gasteiger partial charge in [0.25, 0.3) is 6.71 Å². The van der Waals surface area contributed by atoms with Crippen LogP contribution in [0.3, 0.4) is 0 Å². The molecule has 0 saturated heterocycles. The molecule has 7 aromatic carbocycles. The number of nitrogens with zero attached hydrogens (tertiary/aromatic N) is 2. The van der Waals surface area contributed by atoms with Gasteiger partial charge < -0.3 is 14.5 Å². The molecule has 4 heteroatoms. The Balaban J connectivity index is 1.18. The zero-order chi connectivity index (χ0) is 37.0. The van der Waals surface area contributed by atoms with E-state index < -0.39 is 0 Å². The molecule has 0 N–H and O–H groups in total. The number of rotatable bonds is 6. The van der Waals surface area contributed by atoms with Gasteiger partial charge in [-0.25, -0.2) is 0 Å². The van der Waals surface area contributed by atoms with E-state index in [1.165, 1.54) is 50.0 Å². The van der Waals surface area contributed by atoms with Gasteiger partial charge in [-0.3, -0.25) is 0 Å². The van der Waals surface area contributed by atoms with Gasteiger partial charge in [-0.1, -0.05) is 145 Å². The molecule has 0 aromatic heterocycles. The van der Waals surface area contributed by atoms with E-state index in [2.05, 4.69) is 199 Å². The van der Waals surface area contributed by atoms with Crippen LogP contribution in [0.5, 0.6) is 11.5 Å². The minimum absolute atomic E-state index is 0.0646. The summed E-state index contributed by atoms with van der Waals surface area (Å²) in [5, 5.41) is 0. The van der Waals surface area contributed by atoms with E-state index >= 15 is 0 Å². The summed E-state index contributed by atoms with van der Waals surface area (Å²) in [7, 11) is 0. The molecular weight excluding hydrogens is 679 g/mol. The molecule has 1 fully saturated rings. The Bertz CT molecular complexity index is 2720. The second kappa shape index (κ2) is 12.0. The summed E-state index contributed by atoms with van der Waals surface area (Å²) in [5.74, 6) is 3.06. The van der Waals surface area contributed by atoms with Crippen molar-refractivity contribution < 1.29 is 4.74 Å². The first-order valence-electron chi connectivity index (χ1n) is 20.0. The second-order valence-corrected chi connectivity index (χ2v) is 16.3. The number of hydrogen-bond acceptors (Lipinski definition) is 3. The first-order valence-corrected chi connectivity index (χ1v) is 20.0. The topological polar surface area (TPSA) is 15.7 Å². The lowest BCUT2D eigenvalue weighted by Gasteiger charge is -2.58. The molecule has 12 rings (SSSR count). The number of ether oxygens (including phenoxy) is 1. The molecule has 266 valence electrons. The molecule has 2 aliphatic heterocycles. The molecule has 2 heterocycles. The Labute approximate surface area is 328 Å². The maximum atomic E-state index is 7.28. The van der Waals surface area contributed by atoms with Crippen molar-refractivity contribution in [2.75, 3.05) is 9.80 Å². The predicted molar refractivity (Wildman–Crippen MR) is 233 cm³/mol. The van der Waals surface area contributed by atoms with E-state index in [-0.39, 0.29) is 12.3 Å². The number of benzene rings is 7. The number of para-hydroxylation sites is 2. The molecule has 3 atom stereocenters. The number of allylic oxidation sites excluding steroid dienone is 3. The van der Waals surface area contributed by atoms with Crippen molar-refractivity contribution in [1.29, 1.82) is 0 Å². The van der Waals surface area contributed by atoms with Gasteiger partial charge in [0.15, 0.2) is 0 Å². The zero-order valence-corrected chi connectivity index (χ0v) is 31.3. The second-order valence-electron chi connectivity index (χ2n) is 16.3. The van der Waals surface area contributed by atoms with Gasteiger partial charge >= 0.3 is 0 Å². The third-order valence-electron chi connectivity index (χ3n) is 13.0. The standard InChI is InChI=1S/C52H39BN2O/c1-52(32-37-28-36-29-38(33-52)48(36)37)55-44-26-14-24-42(34-16-6-2-7-17-34)49(44)53-50-43(35-18-8-3-9-19-35)25-15-27-46(50)56-47-31-41(30-45(55)51(47)53)54(39-20-10-4-11-21-39)40-22-12-5-13-23-40/h2-28,30-31,33,37,48H,29,32H2,1H3. The Hall–Kier alpha value is -6.52. The van der Waals surface area contributed by atoms with Crippen molar-refractivity contribution in [1.82, 2.24) is 0 Å². The van der Waals surface area contributed by atoms with Crippen molar-refractivity contribution >= 4 is 51.5 Å². The molecule has 7 aromatic rings. The van der Waals surface area contributed by atoms with E-state index in [0.717, 1.165) is 41.4 Å². The van der Waals surface area contributed by atoms with Crippen LogP contribution in [-0.4, -0.2) is 12.3 Å². The lowest BCUT2D eigenvalue weighted by atomic mass is 9.32. The van der Waals surface area contributed by atoms with Crippen molar-refractivity contribution in [3.05, 3.63) is 193 Å². The molecule has 0 amide bonds. The van der Waals surface area contributed by atoms with E-state index in [1.807, 2.05) is 0 Å². The van der Waals surface area contributed by atoms with E-state index in [9.17, 15) is 0 Å². The van der Waals surface area contributed by atoms with Gasteiger partial charge in [0.2, 0.25) is 0 Å². The van der Waals surface area contributed by atoms with Crippen LogP contribution in [0.25, 0.3) is 22.3 Å². The normalized spacial score (nSPS) is 20.4. The van der Waals surface area contributed by atoms with Crippen LogP contribution in [-0.2, 0) is 0 Å². The first kappa shape index (κ1) is 31.8. The Kier molecular flexibility index (Phi) is 6.81. The number of fused-ring (bicyclic) bond motifs is 4. The summed E-state index contributed by atoms with van der Waals surface area (Å²) < 4.78 is 7.28. The Morgan fingerprint density at radius 2 is 1.18 bits per heavy atom. The molecular formula is C52H39BN2O. The lowest BCUT2D eigenvalue weighted by Crippen LogP contribution is -2.64. The average Bonchev–Trinajstić information content (AvgIpc) is 3.23. The predicted octanol–water partition coefficient (Wildman–Crippen LogP) is 11.2. The summed E-state index contributed by atoms with van der Waals surface area (Å²) in [6, 6.07) is 61.7. The van der Waals surface area contributed by atoms with Crippen LogP contribution < -0.4 is 30.9 Å². The summed E-state index contributed by atoms with van der Waals surface area (Å²) >= 11 is 0. The number of anilines is 5. The fraction of sp³-hybridized carbons (Fsp3) is 0.115. The van der Waals surface area contributed by atoms with Gasteiger partial charge in [0.05, 0.1) is 11.2 Å². The van der Waals surface area contributed by atoms with Crippen LogP contribution in [0.1, 0.15) is 19.8 Å². The minimum Gasteiger partial charge on any atom is -0.458 e. The molecule has 3 unspecified atom stereocenters. The molecule has 56 heavy (non-hydrogen) atoms.